The van der Waals surface area contributed by atoms with E-state index in [9.17, 15) is 18.0 Å². The number of halogens is 3. The number of aliphatic carboxylic acids is 1. The first-order valence-electron chi connectivity index (χ1n) is 8.74. The van der Waals surface area contributed by atoms with Gasteiger partial charge in [0, 0.05) is 37.3 Å². The summed E-state index contributed by atoms with van der Waals surface area (Å²) in [5.41, 5.74) is 1.03. The number of carboxylic acid groups (broad SMARTS) is 1. The van der Waals surface area contributed by atoms with E-state index in [1.165, 1.54) is 6.07 Å². The van der Waals surface area contributed by atoms with Gasteiger partial charge < -0.3 is 10.0 Å². The van der Waals surface area contributed by atoms with Crippen molar-refractivity contribution in [2.45, 2.75) is 24.4 Å². The van der Waals surface area contributed by atoms with E-state index in [1.807, 2.05) is 30.0 Å². The number of aromatic nitrogens is 1. The summed E-state index contributed by atoms with van der Waals surface area (Å²) < 4.78 is 40.1. The lowest BCUT2D eigenvalue weighted by Gasteiger charge is -2.34. The number of carboxylic acids is 1. The van der Waals surface area contributed by atoms with Crippen molar-refractivity contribution < 1.29 is 23.1 Å². The Hall–Kier alpha value is -2.26. The molecule has 150 valence electrons. The van der Waals surface area contributed by atoms with Gasteiger partial charge in [-0.1, -0.05) is 6.07 Å². The second-order valence-corrected chi connectivity index (χ2v) is 7.81. The molecule has 0 atom stereocenters. The Morgan fingerprint density at radius 1 is 1.18 bits per heavy atom. The van der Waals surface area contributed by atoms with Crippen LogP contribution in [0.15, 0.2) is 41.4 Å². The Balaban J connectivity index is 1.58. The third kappa shape index (κ3) is 5.39. The lowest BCUT2D eigenvalue weighted by Crippen LogP contribution is -2.43. The van der Waals surface area contributed by atoms with Gasteiger partial charge in [0.2, 0.25) is 0 Å². The van der Waals surface area contributed by atoms with E-state index < -0.39 is 17.7 Å². The zero-order valence-corrected chi connectivity index (χ0v) is 16.1. The molecule has 0 saturated carbocycles. The molecular formula is C19H20F3N3O2S. The molecule has 0 bridgehead atoms. The molecule has 2 heterocycles. The molecule has 9 heteroatoms. The monoisotopic (exact) mass is 411 g/mol. The minimum atomic E-state index is -4.38. The number of anilines is 1. The first kappa shape index (κ1) is 20.5. The van der Waals surface area contributed by atoms with Crippen LogP contribution in [0.3, 0.4) is 0 Å². The summed E-state index contributed by atoms with van der Waals surface area (Å²) >= 11 is 1.57. The highest BCUT2D eigenvalue weighted by atomic mass is 32.2. The van der Waals surface area contributed by atoms with Crippen molar-refractivity contribution >= 4 is 23.7 Å². The van der Waals surface area contributed by atoms with Gasteiger partial charge in [0.1, 0.15) is 5.82 Å². The number of aryl methyl sites for hydroxylation is 1. The standard InChI is InChI=1S/C19H20F3N3O2S/c1-13-8-14(11-18(26)27)10-16(9-13)28-25-6-4-24(5-7-25)17-3-2-15(12-23-17)19(20,21)22/h2-3,8-10,12H,4-7,11H2,1H3,(H,26,27). The van der Waals surface area contributed by atoms with Crippen LogP contribution in [0.4, 0.5) is 19.0 Å². The van der Waals surface area contributed by atoms with Crippen molar-refractivity contribution in [1.29, 1.82) is 0 Å². The summed E-state index contributed by atoms with van der Waals surface area (Å²) in [5.74, 6) is -0.323. The number of benzene rings is 1. The summed E-state index contributed by atoms with van der Waals surface area (Å²) in [6, 6.07) is 8.23. The zero-order chi connectivity index (χ0) is 20.3. The lowest BCUT2D eigenvalue weighted by atomic mass is 10.1. The van der Waals surface area contributed by atoms with Crippen molar-refractivity contribution in [3.8, 4) is 0 Å². The molecule has 2 aromatic rings. The smallest absolute Gasteiger partial charge is 0.417 e. The first-order chi connectivity index (χ1) is 13.2. The predicted octanol–water partition coefficient (Wildman–Crippen LogP) is 3.87. The SMILES string of the molecule is Cc1cc(CC(=O)O)cc(SN2CCN(c3ccc(C(F)(F)F)cn3)CC2)c1. The van der Waals surface area contributed by atoms with Crippen LogP contribution in [0.1, 0.15) is 16.7 Å². The second-order valence-electron chi connectivity index (χ2n) is 6.64. The normalized spacial score (nSPS) is 15.6. The number of piperazine rings is 1. The van der Waals surface area contributed by atoms with Crippen LogP contribution in [0, 0.1) is 6.92 Å². The Morgan fingerprint density at radius 2 is 1.89 bits per heavy atom. The maximum atomic E-state index is 12.7. The number of carbonyl (C=O) groups is 1. The fourth-order valence-electron chi connectivity index (χ4n) is 3.05. The molecule has 1 aromatic heterocycles. The van der Waals surface area contributed by atoms with Crippen LogP contribution in [0.5, 0.6) is 0 Å². The number of alkyl halides is 3. The van der Waals surface area contributed by atoms with Crippen molar-refractivity contribution in [3.63, 3.8) is 0 Å². The largest absolute Gasteiger partial charge is 0.481 e. The fourth-order valence-corrected chi connectivity index (χ4v) is 4.14. The van der Waals surface area contributed by atoms with Gasteiger partial charge in [0.25, 0.3) is 0 Å². The van der Waals surface area contributed by atoms with Gasteiger partial charge in [0.05, 0.1) is 12.0 Å². The molecule has 1 aliphatic heterocycles. The number of rotatable bonds is 5. The number of hydrogen-bond donors (Lipinski definition) is 1. The Morgan fingerprint density at radius 3 is 2.46 bits per heavy atom. The van der Waals surface area contributed by atoms with E-state index >= 15 is 0 Å². The molecule has 5 nitrogen and oxygen atoms in total. The van der Waals surface area contributed by atoms with Crippen LogP contribution in [-0.2, 0) is 17.4 Å². The third-order valence-corrected chi connectivity index (χ3v) is 5.41. The minimum absolute atomic E-state index is 0.0113. The van der Waals surface area contributed by atoms with E-state index in [2.05, 4.69) is 9.29 Å². The van der Waals surface area contributed by atoms with E-state index in [0.717, 1.165) is 41.4 Å². The fraction of sp³-hybridized carbons (Fsp3) is 0.368. The molecule has 1 saturated heterocycles. The average molecular weight is 411 g/mol. The summed E-state index contributed by atoms with van der Waals surface area (Å²) in [6.45, 7) is 4.67. The van der Waals surface area contributed by atoms with E-state index in [0.29, 0.717) is 18.9 Å². The summed E-state index contributed by atoms with van der Waals surface area (Å²) in [7, 11) is 0. The van der Waals surface area contributed by atoms with Gasteiger partial charge in [-0.2, -0.15) is 13.2 Å². The van der Waals surface area contributed by atoms with E-state index in [4.69, 9.17) is 5.11 Å². The summed E-state index contributed by atoms with van der Waals surface area (Å²) in [5, 5.41) is 8.98. The van der Waals surface area contributed by atoms with Gasteiger partial charge in [-0.25, -0.2) is 9.29 Å². The van der Waals surface area contributed by atoms with Gasteiger partial charge >= 0.3 is 12.1 Å². The van der Waals surface area contributed by atoms with Crippen LogP contribution in [0.2, 0.25) is 0 Å². The lowest BCUT2D eigenvalue weighted by molar-refractivity contribution is -0.138. The molecule has 1 fully saturated rings. The maximum absolute atomic E-state index is 12.7. The highest BCUT2D eigenvalue weighted by molar-refractivity contribution is 7.97. The van der Waals surface area contributed by atoms with Crippen LogP contribution in [-0.4, -0.2) is 46.5 Å². The van der Waals surface area contributed by atoms with Crippen molar-refractivity contribution in [3.05, 3.63) is 53.2 Å². The Labute approximate surface area is 165 Å². The van der Waals surface area contributed by atoms with Gasteiger partial charge in [0.15, 0.2) is 0 Å². The van der Waals surface area contributed by atoms with Crippen molar-refractivity contribution in [2.75, 3.05) is 31.1 Å². The summed E-state index contributed by atoms with van der Waals surface area (Å²) in [6.07, 6.45) is -3.52. The zero-order valence-electron chi connectivity index (χ0n) is 15.2. The predicted molar refractivity (Wildman–Crippen MR) is 101 cm³/mol. The van der Waals surface area contributed by atoms with Crippen molar-refractivity contribution in [1.82, 2.24) is 9.29 Å². The Bertz CT molecular complexity index is 835. The second kappa shape index (κ2) is 8.40. The van der Waals surface area contributed by atoms with Gasteiger partial charge in [-0.05, 0) is 54.3 Å². The molecule has 28 heavy (non-hydrogen) atoms. The van der Waals surface area contributed by atoms with Crippen molar-refractivity contribution in [2.24, 2.45) is 0 Å². The molecule has 0 aliphatic carbocycles. The average Bonchev–Trinajstić information content (AvgIpc) is 2.61. The van der Waals surface area contributed by atoms with Gasteiger partial charge in [-0.3, -0.25) is 4.79 Å². The molecule has 1 aromatic carbocycles. The molecule has 3 rings (SSSR count). The maximum Gasteiger partial charge on any atom is 0.417 e. The highest BCUT2D eigenvalue weighted by Crippen LogP contribution is 2.30. The number of pyridine rings is 1. The molecule has 0 unspecified atom stereocenters. The van der Waals surface area contributed by atoms with Gasteiger partial charge in [-0.15, -0.1) is 0 Å². The van der Waals surface area contributed by atoms with Crippen LogP contribution in [0.25, 0.3) is 0 Å². The third-order valence-electron chi connectivity index (χ3n) is 4.34. The number of hydrogen-bond acceptors (Lipinski definition) is 5. The molecule has 1 aliphatic rings. The van der Waals surface area contributed by atoms with E-state index in [1.54, 1.807) is 11.9 Å². The minimum Gasteiger partial charge on any atom is -0.481 e. The molecular weight excluding hydrogens is 391 g/mol. The Kier molecular flexibility index (Phi) is 6.14. The highest BCUT2D eigenvalue weighted by Gasteiger charge is 2.31. The summed E-state index contributed by atoms with van der Waals surface area (Å²) in [4.78, 5) is 17.8. The first-order valence-corrected chi connectivity index (χ1v) is 9.51. The molecule has 1 N–H and O–H groups in total. The van der Waals surface area contributed by atoms with Crippen LogP contribution < -0.4 is 4.90 Å². The molecule has 0 spiro atoms. The van der Waals surface area contributed by atoms with E-state index in [-0.39, 0.29) is 6.42 Å². The quantitative estimate of drug-likeness (QED) is 0.754. The van der Waals surface area contributed by atoms with Crippen LogP contribution >= 0.6 is 11.9 Å². The topological polar surface area (TPSA) is 56.7 Å². The molecule has 0 radical (unpaired) electrons. The molecule has 0 amide bonds. The number of nitrogens with zero attached hydrogens (tertiary/aromatic N) is 3.